The summed E-state index contributed by atoms with van der Waals surface area (Å²) >= 11 is 0. The Morgan fingerprint density at radius 1 is 1.69 bits per heavy atom. The molecule has 0 aromatic carbocycles. The molecular formula is C9H9N2NaO. The summed E-state index contributed by atoms with van der Waals surface area (Å²) in [6, 6.07) is 7.32. The van der Waals surface area contributed by atoms with E-state index in [1.54, 1.807) is 18.3 Å². The molecule has 1 unspecified atom stereocenters. The Morgan fingerprint density at radius 2 is 2.46 bits per heavy atom. The van der Waals surface area contributed by atoms with E-state index in [4.69, 9.17) is 5.26 Å². The summed E-state index contributed by atoms with van der Waals surface area (Å²) in [4.78, 5) is 14.3. The summed E-state index contributed by atoms with van der Waals surface area (Å²) in [5, 5.41) is 8.48. The van der Waals surface area contributed by atoms with Gasteiger partial charge in [0, 0.05) is 18.3 Å². The first kappa shape index (κ1) is 12.3. The normalized spacial score (nSPS) is 10.7. The predicted molar refractivity (Wildman–Crippen MR) is 44.2 cm³/mol. The molecule has 0 aliphatic carbocycles. The molecule has 0 fully saturated rings. The molecule has 0 spiro atoms. The summed E-state index contributed by atoms with van der Waals surface area (Å²) in [5.41, 5.74) is 0.774. The van der Waals surface area contributed by atoms with Crippen LogP contribution in [-0.4, -0.2) is 11.3 Å². The number of aromatic nitrogens is 1. The molecule has 0 aliphatic rings. The van der Waals surface area contributed by atoms with E-state index in [1.807, 2.05) is 12.1 Å². The number of nitriles is 1. The molecule has 1 aromatic rings. The molecule has 0 saturated carbocycles. The molecular weight excluding hydrogens is 175 g/mol. The molecule has 4 heteroatoms. The van der Waals surface area contributed by atoms with Gasteiger partial charge in [-0.15, -0.1) is 0 Å². The van der Waals surface area contributed by atoms with Crippen molar-refractivity contribution in [3.63, 3.8) is 0 Å². The fourth-order valence-corrected chi connectivity index (χ4v) is 0.868. The summed E-state index contributed by atoms with van der Waals surface area (Å²) in [5.74, 6) is -0.570. The minimum Gasteiger partial charge on any atom is -1.00 e. The van der Waals surface area contributed by atoms with Crippen LogP contribution in [0.3, 0.4) is 0 Å². The Hall–Kier alpha value is -0.690. The molecule has 1 atom stereocenters. The van der Waals surface area contributed by atoms with Crippen LogP contribution in [0.1, 0.15) is 7.12 Å². The number of aldehydes is 1. The first-order valence-corrected chi connectivity index (χ1v) is 3.61. The van der Waals surface area contributed by atoms with Crippen LogP contribution in [0.15, 0.2) is 24.4 Å². The maximum atomic E-state index is 10.3. The molecule has 0 radical (unpaired) electrons. The molecule has 0 amide bonds. The summed E-state index contributed by atoms with van der Waals surface area (Å²) in [6.07, 6.45) is 2.70. The van der Waals surface area contributed by atoms with Crippen molar-refractivity contribution in [2.45, 2.75) is 6.42 Å². The first-order valence-electron chi connectivity index (χ1n) is 3.61. The number of rotatable bonds is 3. The van der Waals surface area contributed by atoms with Crippen molar-refractivity contribution in [2.75, 3.05) is 0 Å². The second kappa shape index (κ2) is 6.79. The molecule has 0 aliphatic heterocycles. The molecule has 13 heavy (non-hydrogen) atoms. The quantitative estimate of drug-likeness (QED) is 0.406. The number of hydrogen-bond acceptors (Lipinski definition) is 3. The number of pyridine rings is 1. The average Bonchev–Trinajstić information content (AvgIpc) is 2.16. The zero-order valence-corrected chi connectivity index (χ0v) is 9.47. The molecule has 3 nitrogen and oxygen atoms in total. The average molecular weight is 184 g/mol. The Balaban J connectivity index is 0. The smallest absolute Gasteiger partial charge is 1.00 e. The van der Waals surface area contributed by atoms with E-state index >= 15 is 0 Å². The third-order valence-corrected chi connectivity index (χ3v) is 1.49. The van der Waals surface area contributed by atoms with Gasteiger partial charge in [-0.1, -0.05) is 6.07 Å². The first-order chi connectivity index (χ1) is 5.86. The zero-order valence-electron chi connectivity index (χ0n) is 8.47. The van der Waals surface area contributed by atoms with Crippen molar-refractivity contribution in [2.24, 2.45) is 5.92 Å². The minimum atomic E-state index is -0.570. The van der Waals surface area contributed by atoms with Gasteiger partial charge in [0.15, 0.2) is 0 Å². The van der Waals surface area contributed by atoms with Crippen LogP contribution in [-0.2, 0) is 11.2 Å². The van der Waals surface area contributed by atoms with Gasteiger partial charge in [0.25, 0.3) is 0 Å². The Labute approximate surface area is 101 Å². The van der Waals surface area contributed by atoms with Gasteiger partial charge in [0.1, 0.15) is 12.2 Å². The summed E-state index contributed by atoms with van der Waals surface area (Å²) in [7, 11) is 0. The fraction of sp³-hybridized carbons (Fsp3) is 0.222. The van der Waals surface area contributed by atoms with Gasteiger partial charge < -0.3 is 6.22 Å². The van der Waals surface area contributed by atoms with Crippen LogP contribution in [0, 0.1) is 17.2 Å². The topological polar surface area (TPSA) is 53.8 Å². The predicted octanol–water partition coefficient (Wildman–Crippen LogP) is -1.92. The van der Waals surface area contributed by atoms with E-state index in [0.717, 1.165) is 5.69 Å². The van der Waals surface area contributed by atoms with Crippen molar-refractivity contribution in [3.05, 3.63) is 30.1 Å². The Kier molecular flexibility index (Phi) is 6.43. The van der Waals surface area contributed by atoms with Gasteiger partial charge >= 0.3 is 29.6 Å². The molecule has 1 heterocycles. The van der Waals surface area contributed by atoms with Gasteiger partial charge in [-0.3, -0.25) is 4.98 Å². The molecule has 62 valence electrons. The van der Waals surface area contributed by atoms with Crippen LogP contribution >= 0.6 is 0 Å². The zero-order chi connectivity index (χ0) is 8.81. The van der Waals surface area contributed by atoms with Gasteiger partial charge in [-0.25, -0.2) is 0 Å². The van der Waals surface area contributed by atoms with Crippen LogP contribution in [0.2, 0.25) is 0 Å². The van der Waals surface area contributed by atoms with E-state index in [9.17, 15) is 4.79 Å². The van der Waals surface area contributed by atoms with Crippen molar-refractivity contribution < 1.29 is 35.8 Å². The molecule has 0 saturated heterocycles. The monoisotopic (exact) mass is 184 g/mol. The molecule has 1 aromatic heterocycles. The molecule has 0 N–H and O–H groups in total. The SMILES string of the molecule is N#CC(C=O)Cc1ccccn1.[H-].[Na+]. The second-order valence-electron chi connectivity index (χ2n) is 2.40. The van der Waals surface area contributed by atoms with E-state index in [-0.39, 0.29) is 31.0 Å². The third kappa shape index (κ3) is 4.18. The second-order valence-corrected chi connectivity index (χ2v) is 2.40. The largest absolute Gasteiger partial charge is 1.00 e. The maximum Gasteiger partial charge on any atom is 1.00 e. The number of carbonyl (C=O) groups is 1. The van der Waals surface area contributed by atoms with Gasteiger partial charge in [0.2, 0.25) is 0 Å². The number of carbonyl (C=O) groups excluding carboxylic acids is 1. The van der Waals surface area contributed by atoms with Crippen molar-refractivity contribution >= 4 is 6.29 Å². The van der Waals surface area contributed by atoms with Crippen LogP contribution in [0.25, 0.3) is 0 Å². The Morgan fingerprint density at radius 3 is 2.92 bits per heavy atom. The standard InChI is InChI=1S/C9H8N2O.Na.H/c10-6-8(7-12)5-9-3-1-2-4-11-9;;/h1-4,7-8H,5H2;;/q;+1;-1. The van der Waals surface area contributed by atoms with Gasteiger partial charge in [-0.2, -0.15) is 5.26 Å². The summed E-state index contributed by atoms with van der Waals surface area (Å²) < 4.78 is 0. The maximum absolute atomic E-state index is 10.3. The van der Waals surface area contributed by atoms with E-state index in [0.29, 0.717) is 12.7 Å². The van der Waals surface area contributed by atoms with Crippen molar-refractivity contribution in [1.82, 2.24) is 4.98 Å². The Bertz CT molecular complexity index is 299. The van der Waals surface area contributed by atoms with Crippen LogP contribution in [0.5, 0.6) is 0 Å². The van der Waals surface area contributed by atoms with Crippen molar-refractivity contribution in [3.8, 4) is 6.07 Å². The molecule has 1 rings (SSSR count). The van der Waals surface area contributed by atoms with Crippen LogP contribution < -0.4 is 29.6 Å². The minimum absolute atomic E-state index is 0. The van der Waals surface area contributed by atoms with Crippen LogP contribution in [0.4, 0.5) is 0 Å². The fourth-order valence-electron chi connectivity index (χ4n) is 0.868. The number of hydrogen-bond donors (Lipinski definition) is 0. The summed E-state index contributed by atoms with van der Waals surface area (Å²) in [6.45, 7) is 0. The third-order valence-electron chi connectivity index (χ3n) is 1.49. The van der Waals surface area contributed by atoms with E-state index < -0.39 is 5.92 Å². The van der Waals surface area contributed by atoms with E-state index in [1.165, 1.54) is 0 Å². The van der Waals surface area contributed by atoms with Gasteiger partial charge in [0.05, 0.1) is 6.07 Å². The molecule has 0 bridgehead atoms. The van der Waals surface area contributed by atoms with Crippen molar-refractivity contribution in [1.29, 1.82) is 5.26 Å². The number of nitrogens with zero attached hydrogens (tertiary/aromatic N) is 2. The van der Waals surface area contributed by atoms with Gasteiger partial charge in [-0.05, 0) is 12.1 Å². The van der Waals surface area contributed by atoms with E-state index in [2.05, 4.69) is 4.98 Å².